The molecule has 80 valence electrons. The SMILES string of the molecule is O=C1CCOC(c2cc(F)cc(Cl)c2)C1. The maximum atomic E-state index is 13.1. The van der Waals surface area contributed by atoms with Crippen LogP contribution in [-0.4, -0.2) is 12.4 Å². The van der Waals surface area contributed by atoms with E-state index >= 15 is 0 Å². The highest BCUT2D eigenvalue weighted by molar-refractivity contribution is 6.30. The molecule has 1 aromatic carbocycles. The van der Waals surface area contributed by atoms with Gasteiger partial charge in [-0.05, 0) is 23.8 Å². The van der Waals surface area contributed by atoms with Crippen LogP contribution < -0.4 is 0 Å². The molecule has 4 heteroatoms. The van der Waals surface area contributed by atoms with Crippen LogP contribution >= 0.6 is 11.6 Å². The molecule has 0 spiro atoms. The van der Waals surface area contributed by atoms with Crippen LogP contribution in [0.25, 0.3) is 0 Å². The van der Waals surface area contributed by atoms with Gasteiger partial charge in [-0.2, -0.15) is 0 Å². The Balaban J connectivity index is 2.24. The fraction of sp³-hybridized carbons (Fsp3) is 0.364. The summed E-state index contributed by atoms with van der Waals surface area (Å²) in [7, 11) is 0. The third-order valence-corrected chi connectivity index (χ3v) is 2.59. The third-order valence-electron chi connectivity index (χ3n) is 2.37. The van der Waals surface area contributed by atoms with Crippen LogP contribution in [0.2, 0.25) is 5.02 Å². The third kappa shape index (κ3) is 2.55. The van der Waals surface area contributed by atoms with E-state index in [1.807, 2.05) is 0 Å². The van der Waals surface area contributed by atoms with E-state index in [2.05, 4.69) is 0 Å². The highest BCUT2D eigenvalue weighted by Gasteiger charge is 2.22. The summed E-state index contributed by atoms with van der Waals surface area (Å²) in [6.07, 6.45) is 0.402. The number of halogens is 2. The van der Waals surface area contributed by atoms with Crippen molar-refractivity contribution >= 4 is 17.4 Å². The molecule has 15 heavy (non-hydrogen) atoms. The maximum absolute atomic E-state index is 13.1. The Morgan fingerprint density at radius 1 is 1.40 bits per heavy atom. The Morgan fingerprint density at radius 2 is 2.20 bits per heavy atom. The van der Waals surface area contributed by atoms with E-state index in [1.54, 1.807) is 6.07 Å². The van der Waals surface area contributed by atoms with Crippen LogP contribution in [-0.2, 0) is 9.53 Å². The first-order valence-electron chi connectivity index (χ1n) is 4.74. The molecule has 0 aromatic heterocycles. The van der Waals surface area contributed by atoms with Crippen LogP contribution in [0, 0.1) is 5.82 Å². The van der Waals surface area contributed by atoms with E-state index in [1.165, 1.54) is 12.1 Å². The average molecular weight is 229 g/mol. The summed E-state index contributed by atoms with van der Waals surface area (Å²) in [5.41, 5.74) is 0.632. The summed E-state index contributed by atoms with van der Waals surface area (Å²) in [4.78, 5) is 11.2. The number of carbonyl (C=O) groups excluding carboxylic acids is 1. The first-order chi connectivity index (χ1) is 7.15. The van der Waals surface area contributed by atoms with E-state index in [0.29, 0.717) is 30.0 Å². The van der Waals surface area contributed by atoms with E-state index in [4.69, 9.17) is 16.3 Å². The number of ether oxygens (including phenoxy) is 1. The molecular weight excluding hydrogens is 219 g/mol. The van der Waals surface area contributed by atoms with Gasteiger partial charge in [0.15, 0.2) is 0 Å². The number of carbonyl (C=O) groups is 1. The van der Waals surface area contributed by atoms with Crippen molar-refractivity contribution in [3.63, 3.8) is 0 Å². The second-order valence-electron chi connectivity index (χ2n) is 3.56. The van der Waals surface area contributed by atoms with Crippen molar-refractivity contribution in [1.29, 1.82) is 0 Å². The van der Waals surface area contributed by atoms with Gasteiger partial charge in [0.25, 0.3) is 0 Å². The van der Waals surface area contributed by atoms with Crippen molar-refractivity contribution in [2.45, 2.75) is 18.9 Å². The van der Waals surface area contributed by atoms with E-state index in [9.17, 15) is 9.18 Å². The van der Waals surface area contributed by atoms with E-state index < -0.39 is 5.82 Å². The summed E-state index contributed by atoms with van der Waals surface area (Å²) < 4.78 is 18.5. The normalized spacial score (nSPS) is 21.7. The molecular formula is C11H10ClFO2. The molecule has 1 aromatic rings. The zero-order chi connectivity index (χ0) is 10.8. The number of ketones is 1. The summed E-state index contributed by atoms with van der Waals surface area (Å²) in [5, 5.41) is 0.326. The predicted molar refractivity (Wildman–Crippen MR) is 54.3 cm³/mol. The Morgan fingerprint density at radius 3 is 2.87 bits per heavy atom. The minimum absolute atomic E-state index is 0.145. The zero-order valence-electron chi connectivity index (χ0n) is 8.00. The highest BCUT2D eigenvalue weighted by Crippen LogP contribution is 2.28. The summed E-state index contributed by atoms with van der Waals surface area (Å²) in [6.45, 7) is 0.400. The minimum atomic E-state index is -0.404. The minimum Gasteiger partial charge on any atom is -0.373 e. The number of hydrogen-bond acceptors (Lipinski definition) is 2. The molecule has 0 aliphatic carbocycles. The topological polar surface area (TPSA) is 26.3 Å². The molecule has 1 fully saturated rings. The smallest absolute Gasteiger partial charge is 0.138 e. The second-order valence-corrected chi connectivity index (χ2v) is 3.99. The molecule has 0 amide bonds. The Bertz CT molecular complexity index is 372. The maximum Gasteiger partial charge on any atom is 0.138 e. The molecule has 1 atom stereocenters. The molecule has 1 heterocycles. The number of hydrogen-bond donors (Lipinski definition) is 0. The van der Waals surface area contributed by atoms with Gasteiger partial charge in [0.05, 0.1) is 12.7 Å². The molecule has 0 N–H and O–H groups in total. The van der Waals surface area contributed by atoms with Gasteiger partial charge in [0.1, 0.15) is 11.6 Å². The standard InChI is InChI=1S/C11H10ClFO2/c12-8-3-7(4-9(13)5-8)11-6-10(14)1-2-15-11/h3-5,11H,1-2,6H2. The molecule has 1 unspecified atom stereocenters. The van der Waals surface area contributed by atoms with Crippen molar-refractivity contribution in [1.82, 2.24) is 0 Å². The van der Waals surface area contributed by atoms with Crippen molar-refractivity contribution in [2.75, 3.05) is 6.61 Å². The van der Waals surface area contributed by atoms with E-state index in [0.717, 1.165) is 0 Å². The van der Waals surface area contributed by atoms with Gasteiger partial charge in [-0.25, -0.2) is 4.39 Å². The van der Waals surface area contributed by atoms with Crippen LogP contribution in [0.4, 0.5) is 4.39 Å². The van der Waals surface area contributed by atoms with Gasteiger partial charge in [-0.1, -0.05) is 11.6 Å². The quantitative estimate of drug-likeness (QED) is 0.739. The lowest BCUT2D eigenvalue weighted by atomic mass is 10.0. The molecule has 0 radical (unpaired) electrons. The average Bonchev–Trinajstić information content (AvgIpc) is 2.16. The first-order valence-corrected chi connectivity index (χ1v) is 5.12. The fourth-order valence-corrected chi connectivity index (χ4v) is 1.89. The molecule has 1 saturated heterocycles. The largest absolute Gasteiger partial charge is 0.373 e. The van der Waals surface area contributed by atoms with Gasteiger partial charge >= 0.3 is 0 Å². The lowest BCUT2D eigenvalue weighted by Gasteiger charge is -2.22. The molecule has 0 saturated carbocycles. The summed E-state index contributed by atoms with van der Waals surface area (Å²) >= 11 is 5.73. The predicted octanol–water partition coefficient (Wildman–Crippen LogP) is 2.90. The van der Waals surface area contributed by atoms with Gasteiger partial charge < -0.3 is 4.74 Å². The van der Waals surface area contributed by atoms with Gasteiger partial charge in [0.2, 0.25) is 0 Å². The van der Waals surface area contributed by atoms with Gasteiger partial charge in [-0.15, -0.1) is 0 Å². The number of benzene rings is 1. The zero-order valence-corrected chi connectivity index (χ0v) is 8.76. The highest BCUT2D eigenvalue weighted by atomic mass is 35.5. The summed E-state index contributed by atoms with van der Waals surface area (Å²) in [6, 6.07) is 4.22. The van der Waals surface area contributed by atoms with Gasteiger partial charge in [0, 0.05) is 17.9 Å². The Hall–Kier alpha value is -0.930. The van der Waals surface area contributed by atoms with Crippen LogP contribution in [0.1, 0.15) is 24.5 Å². The molecule has 2 nitrogen and oxygen atoms in total. The molecule has 1 aliphatic rings. The lowest BCUT2D eigenvalue weighted by molar-refractivity contribution is -0.128. The summed E-state index contributed by atoms with van der Waals surface area (Å²) in [5.74, 6) is -0.259. The monoisotopic (exact) mass is 228 g/mol. The van der Waals surface area contributed by atoms with E-state index in [-0.39, 0.29) is 11.9 Å². The Labute approximate surface area is 92.0 Å². The van der Waals surface area contributed by atoms with Crippen LogP contribution in [0.15, 0.2) is 18.2 Å². The first kappa shape index (κ1) is 10.6. The van der Waals surface area contributed by atoms with Crippen molar-refractivity contribution < 1.29 is 13.9 Å². The molecule has 2 rings (SSSR count). The van der Waals surface area contributed by atoms with Crippen molar-refractivity contribution in [2.24, 2.45) is 0 Å². The van der Waals surface area contributed by atoms with Crippen LogP contribution in [0.3, 0.4) is 0 Å². The van der Waals surface area contributed by atoms with Crippen LogP contribution in [0.5, 0.6) is 0 Å². The second kappa shape index (κ2) is 4.29. The number of rotatable bonds is 1. The lowest BCUT2D eigenvalue weighted by Crippen LogP contribution is -2.19. The Kier molecular flexibility index (Phi) is 3.03. The number of Topliss-reactive ketones (excluding diaryl/α,β-unsaturated/α-hetero) is 1. The van der Waals surface area contributed by atoms with Crippen molar-refractivity contribution in [3.8, 4) is 0 Å². The fourth-order valence-electron chi connectivity index (χ4n) is 1.66. The molecule has 1 aliphatic heterocycles. The van der Waals surface area contributed by atoms with Gasteiger partial charge in [-0.3, -0.25) is 4.79 Å². The van der Waals surface area contributed by atoms with Crippen molar-refractivity contribution in [3.05, 3.63) is 34.6 Å². The molecule has 0 bridgehead atoms.